The molecule has 0 aromatic rings. The molecule has 1 amide bonds. The summed E-state index contributed by atoms with van der Waals surface area (Å²) in [4.78, 5) is 22.3. The van der Waals surface area contributed by atoms with Crippen molar-refractivity contribution >= 4 is 11.9 Å². The fourth-order valence-electron chi connectivity index (χ4n) is 1.13. The maximum Gasteiger partial charge on any atom is 0.328 e. The number of carboxylic acid groups (broad SMARTS) is 1. The van der Waals surface area contributed by atoms with E-state index in [1.54, 1.807) is 0 Å². The number of ether oxygens (including phenoxy) is 1. The van der Waals surface area contributed by atoms with Gasteiger partial charge in [0, 0.05) is 6.42 Å². The van der Waals surface area contributed by atoms with Crippen LogP contribution >= 0.6 is 0 Å². The Morgan fingerprint density at radius 1 is 1.47 bits per heavy atom. The normalized spacial score (nSPS) is 12.2. The van der Waals surface area contributed by atoms with Crippen LogP contribution in [0.1, 0.15) is 26.7 Å². The van der Waals surface area contributed by atoms with Crippen LogP contribution < -0.4 is 5.32 Å². The molecule has 0 aliphatic carbocycles. The standard InChI is InChI=1S/C12H21NO4/c1-4-7-17-8-10(12(15)16)13-11(14)6-5-9(2)3/h4,9-10H,1,5-8H2,2-3H3,(H,13,14)(H,15,16). The van der Waals surface area contributed by atoms with Crippen LogP contribution in [0.4, 0.5) is 0 Å². The molecule has 0 spiro atoms. The van der Waals surface area contributed by atoms with Crippen molar-refractivity contribution in [3.63, 3.8) is 0 Å². The number of amides is 1. The molecule has 0 fully saturated rings. The summed E-state index contributed by atoms with van der Waals surface area (Å²) < 4.78 is 5.02. The van der Waals surface area contributed by atoms with Gasteiger partial charge >= 0.3 is 5.97 Å². The van der Waals surface area contributed by atoms with Crippen molar-refractivity contribution in [1.82, 2.24) is 5.32 Å². The Labute approximate surface area is 102 Å². The fraction of sp³-hybridized carbons (Fsp3) is 0.667. The van der Waals surface area contributed by atoms with Crippen molar-refractivity contribution in [1.29, 1.82) is 0 Å². The summed E-state index contributed by atoms with van der Waals surface area (Å²) >= 11 is 0. The third-order valence-electron chi connectivity index (χ3n) is 2.10. The van der Waals surface area contributed by atoms with Crippen molar-refractivity contribution in [3.8, 4) is 0 Å². The molecule has 0 heterocycles. The Kier molecular flexibility index (Phi) is 8.05. The van der Waals surface area contributed by atoms with Gasteiger partial charge in [-0.15, -0.1) is 6.58 Å². The quantitative estimate of drug-likeness (QED) is 0.471. The summed E-state index contributed by atoms with van der Waals surface area (Å²) in [6.45, 7) is 7.69. The number of carbonyl (C=O) groups excluding carboxylic acids is 1. The summed E-state index contributed by atoms with van der Waals surface area (Å²) in [6.07, 6.45) is 2.61. The Balaban J connectivity index is 4.01. The Hall–Kier alpha value is -1.36. The molecule has 0 bridgehead atoms. The lowest BCUT2D eigenvalue weighted by Gasteiger charge is -2.14. The maximum atomic E-state index is 11.4. The lowest BCUT2D eigenvalue weighted by molar-refractivity contribution is -0.143. The van der Waals surface area contributed by atoms with E-state index in [0.717, 1.165) is 6.42 Å². The zero-order valence-corrected chi connectivity index (χ0v) is 10.4. The molecule has 5 heteroatoms. The minimum absolute atomic E-state index is 0.0469. The van der Waals surface area contributed by atoms with Crippen LogP contribution in [-0.2, 0) is 14.3 Å². The molecule has 0 radical (unpaired) electrons. The van der Waals surface area contributed by atoms with E-state index >= 15 is 0 Å². The average Bonchev–Trinajstić information content (AvgIpc) is 2.25. The molecule has 0 aliphatic heterocycles. The van der Waals surface area contributed by atoms with Gasteiger partial charge in [0.2, 0.25) is 5.91 Å². The summed E-state index contributed by atoms with van der Waals surface area (Å²) in [5.74, 6) is -0.929. The lowest BCUT2D eigenvalue weighted by atomic mass is 10.1. The SMILES string of the molecule is C=CCOCC(NC(=O)CCC(C)C)C(=O)O. The Bertz CT molecular complexity index is 263. The first kappa shape index (κ1) is 15.6. The smallest absolute Gasteiger partial charge is 0.328 e. The first-order valence-corrected chi connectivity index (χ1v) is 5.68. The van der Waals surface area contributed by atoms with Crippen molar-refractivity contribution in [2.45, 2.75) is 32.7 Å². The number of hydrogen-bond acceptors (Lipinski definition) is 3. The highest BCUT2D eigenvalue weighted by atomic mass is 16.5. The van der Waals surface area contributed by atoms with Gasteiger partial charge in [0.15, 0.2) is 6.04 Å². The zero-order chi connectivity index (χ0) is 13.3. The number of nitrogens with one attached hydrogen (secondary N) is 1. The van der Waals surface area contributed by atoms with Crippen LogP contribution in [0.25, 0.3) is 0 Å². The zero-order valence-electron chi connectivity index (χ0n) is 10.4. The molecule has 0 saturated carbocycles. The number of carboxylic acids is 1. The summed E-state index contributed by atoms with van der Waals surface area (Å²) in [6, 6.07) is -0.991. The second kappa shape index (κ2) is 8.75. The van der Waals surface area contributed by atoms with Gasteiger partial charge in [0.25, 0.3) is 0 Å². The predicted molar refractivity (Wildman–Crippen MR) is 64.7 cm³/mol. The van der Waals surface area contributed by atoms with Crippen LogP contribution in [0.3, 0.4) is 0 Å². The summed E-state index contributed by atoms with van der Waals surface area (Å²) in [5.41, 5.74) is 0. The highest BCUT2D eigenvalue weighted by Gasteiger charge is 2.19. The predicted octanol–water partition coefficient (Wildman–Crippen LogP) is 1.19. The third kappa shape index (κ3) is 8.45. The average molecular weight is 243 g/mol. The van der Waals surface area contributed by atoms with Crippen LogP contribution in [0.2, 0.25) is 0 Å². The van der Waals surface area contributed by atoms with E-state index in [9.17, 15) is 9.59 Å². The van der Waals surface area contributed by atoms with Crippen LogP contribution in [0.5, 0.6) is 0 Å². The monoisotopic (exact) mass is 243 g/mol. The second-order valence-electron chi connectivity index (χ2n) is 4.22. The second-order valence-corrected chi connectivity index (χ2v) is 4.22. The Morgan fingerprint density at radius 2 is 2.12 bits per heavy atom. The minimum Gasteiger partial charge on any atom is -0.480 e. The molecule has 0 aliphatic rings. The maximum absolute atomic E-state index is 11.4. The third-order valence-corrected chi connectivity index (χ3v) is 2.10. The van der Waals surface area contributed by atoms with Crippen molar-refractivity contribution in [2.75, 3.05) is 13.2 Å². The molecule has 1 unspecified atom stereocenters. The molecule has 2 N–H and O–H groups in total. The Morgan fingerprint density at radius 3 is 2.59 bits per heavy atom. The van der Waals surface area contributed by atoms with E-state index in [2.05, 4.69) is 11.9 Å². The highest BCUT2D eigenvalue weighted by Crippen LogP contribution is 2.03. The van der Waals surface area contributed by atoms with Gasteiger partial charge in [0.1, 0.15) is 0 Å². The molecule has 0 rings (SSSR count). The van der Waals surface area contributed by atoms with Crippen LogP contribution in [0.15, 0.2) is 12.7 Å². The van der Waals surface area contributed by atoms with Gasteiger partial charge in [0.05, 0.1) is 13.2 Å². The number of carbonyl (C=O) groups is 2. The molecule has 0 aromatic heterocycles. The molecule has 1 atom stereocenters. The molecule has 98 valence electrons. The van der Waals surface area contributed by atoms with E-state index < -0.39 is 12.0 Å². The van der Waals surface area contributed by atoms with Gasteiger partial charge < -0.3 is 15.2 Å². The fourth-order valence-corrected chi connectivity index (χ4v) is 1.13. The molecule has 17 heavy (non-hydrogen) atoms. The number of hydrogen-bond donors (Lipinski definition) is 2. The molecule has 5 nitrogen and oxygen atoms in total. The van der Waals surface area contributed by atoms with Gasteiger partial charge in [-0.1, -0.05) is 19.9 Å². The van der Waals surface area contributed by atoms with E-state index in [-0.39, 0.29) is 19.1 Å². The number of aliphatic carboxylic acids is 1. The van der Waals surface area contributed by atoms with Crippen molar-refractivity contribution in [2.24, 2.45) is 5.92 Å². The highest BCUT2D eigenvalue weighted by molar-refractivity contribution is 5.83. The van der Waals surface area contributed by atoms with E-state index in [0.29, 0.717) is 12.3 Å². The van der Waals surface area contributed by atoms with Gasteiger partial charge in [-0.05, 0) is 12.3 Å². The van der Waals surface area contributed by atoms with Crippen LogP contribution in [-0.4, -0.2) is 36.2 Å². The molecular weight excluding hydrogens is 222 g/mol. The minimum atomic E-state index is -1.09. The van der Waals surface area contributed by atoms with Crippen molar-refractivity contribution in [3.05, 3.63) is 12.7 Å². The lowest BCUT2D eigenvalue weighted by Crippen LogP contribution is -2.44. The number of rotatable bonds is 9. The molecule has 0 aromatic carbocycles. The topological polar surface area (TPSA) is 75.6 Å². The van der Waals surface area contributed by atoms with E-state index in [4.69, 9.17) is 9.84 Å². The van der Waals surface area contributed by atoms with Crippen molar-refractivity contribution < 1.29 is 19.4 Å². The largest absolute Gasteiger partial charge is 0.480 e. The van der Waals surface area contributed by atoms with Gasteiger partial charge in [-0.25, -0.2) is 4.79 Å². The first-order chi connectivity index (χ1) is 7.97. The van der Waals surface area contributed by atoms with Gasteiger partial charge in [-0.2, -0.15) is 0 Å². The summed E-state index contributed by atoms with van der Waals surface area (Å²) in [7, 11) is 0. The van der Waals surface area contributed by atoms with Crippen LogP contribution in [0, 0.1) is 5.92 Å². The first-order valence-electron chi connectivity index (χ1n) is 5.68. The molecule has 0 saturated heterocycles. The summed E-state index contributed by atoms with van der Waals surface area (Å²) in [5, 5.41) is 11.3. The van der Waals surface area contributed by atoms with Gasteiger partial charge in [-0.3, -0.25) is 4.79 Å². The molecular formula is C12H21NO4. The van der Waals surface area contributed by atoms with E-state index in [1.165, 1.54) is 6.08 Å². The van der Waals surface area contributed by atoms with E-state index in [1.807, 2.05) is 13.8 Å².